The van der Waals surface area contributed by atoms with Crippen LogP contribution >= 0.6 is 11.6 Å². The summed E-state index contributed by atoms with van der Waals surface area (Å²) in [6.45, 7) is 3.29. The van der Waals surface area contributed by atoms with E-state index < -0.39 is 0 Å². The van der Waals surface area contributed by atoms with Gasteiger partial charge in [-0.1, -0.05) is 24.9 Å². The Bertz CT molecular complexity index is 448. The Hall–Kier alpha value is -0.383. The van der Waals surface area contributed by atoms with Crippen molar-refractivity contribution in [3.8, 4) is 0 Å². The summed E-state index contributed by atoms with van der Waals surface area (Å²) < 4.78 is 13.6. The molecular formula is C16H22ClFNSi. The number of likely N-dealkylation sites (tertiary alicyclic amines) is 1. The SMILES string of the molecule is CCC[C@H](C[C@]1([Si])CCCN1C)c1cc(F)cc(Cl)c1. The molecule has 0 amide bonds. The molecule has 3 radical (unpaired) electrons. The lowest BCUT2D eigenvalue weighted by Gasteiger charge is -2.36. The maximum absolute atomic E-state index is 13.6. The zero-order valence-corrected chi connectivity index (χ0v) is 14.0. The van der Waals surface area contributed by atoms with E-state index in [-0.39, 0.29) is 11.0 Å². The highest BCUT2D eigenvalue weighted by molar-refractivity contribution is 6.30. The van der Waals surface area contributed by atoms with Gasteiger partial charge in [0.05, 0.1) is 10.2 Å². The lowest BCUT2D eigenvalue weighted by Crippen LogP contribution is -2.43. The first-order chi connectivity index (χ1) is 9.44. The number of halogens is 2. The summed E-state index contributed by atoms with van der Waals surface area (Å²) in [4.78, 5) is 2.37. The fraction of sp³-hybridized carbons (Fsp3) is 0.625. The Kier molecular flexibility index (Phi) is 5.27. The summed E-state index contributed by atoms with van der Waals surface area (Å²) in [6, 6.07) is 4.92. The summed E-state index contributed by atoms with van der Waals surface area (Å²) >= 11 is 6.01. The molecule has 20 heavy (non-hydrogen) atoms. The Morgan fingerprint density at radius 3 is 2.75 bits per heavy atom. The second kappa shape index (κ2) is 6.59. The van der Waals surface area contributed by atoms with E-state index in [2.05, 4.69) is 29.1 Å². The monoisotopic (exact) mass is 310 g/mol. The highest BCUT2D eigenvalue weighted by Crippen LogP contribution is 2.37. The van der Waals surface area contributed by atoms with Crippen LogP contribution < -0.4 is 0 Å². The van der Waals surface area contributed by atoms with Gasteiger partial charge in [-0.3, -0.25) is 0 Å². The van der Waals surface area contributed by atoms with Gasteiger partial charge >= 0.3 is 0 Å². The lowest BCUT2D eigenvalue weighted by atomic mass is 9.87. The van der Waals surface area contributed by atoms with Gasteiger partial charge in [-0.15, -0.1) is 0 Å². The number of nitrogens with zero attached hydrogens (tertiary/aromatic N) is 1. The van der Waals surface area contributed by atoms with Crippen LogP contribution in [0.15, 0.2) is 18.2 Å². The molecule has 0 saturated carbocycles. The van der Waals surface area contributed by atoms with Crippen LogP contribution in [0, 0.1) is 5.82 Å². The zero-order valence-electron chi connectivity index (χ0n) is 12.3. The fourth-order valence-electron chi connectivity index (χ4n) is 3.22. The molecule has 1 saturated heterocycles. The minimum absolute atomic E-state index is 0.0403. The van der Waals surface area contributed by atoms with Crippen molar-refractivity contribution in [1.82, 2.24) is 4.90 Å². The highest BCUT2D eigenvalue weighted by Gasteiger charge is 2.36. The largest absolute Gasteiger partial charge is 0.304 e. The van der Waals surface area contributed by atoms with Gasteiger partial charge in [-0.2, -0.15) is 0 Å². The molecule has 1 heterocycles. The molecule has 4 heteroatoms. The average molecular weight is 311 g/mol. The zero-order chi connectivity index (χ0) is 14.8. The minimum Gasteiger partial charge on any atom is -0.304 e. The quantitative estimate of drug-likeness (QED) is 0.731. The first-order valence-electron chi connectivity index (χ1n) is 7.37. The van der Waals surface area contributed by atoms with Crippen molar-refractivity contribution in [2.24, 2.45) is 0 Å². The minimum atomic E-state index is -0.239. The molecule has 1 fully saturated rings. The molecule has 0 aliphatic carbocycles. The molecule has 2 rings (SSSR count). The molecule has 109 valence electrons. The summed E-state index contributed by atoms with van der Waals surface area (Å²) in [6.07, 6.45) is 5.49. The summed E-state index contributed by atoms with van der Waals surface area (Å²) in [5, 5.41) is 0.530. The van der Waals surface area contributed by atoms with Crippen LogP contribution in [0.2, 0.25) is 5.02 Å². The van der Waals surface area contributed by atoms with E-state index in [4.69, 9.17) is 11.6 Å². The van der Waals surface area contributed by atoms with Gasteiger partial charge in [0.25, 0.3) is 0 Å². The lowest BCUT2D eigenvalue weighted by molar-refractivity contribution is 0.235. The number of benzene rings is 1. The molecule has 0 aromatic heterocycles. The Labute approximate surface area is 129 Å². The van der Waals surface area contributed by atoms with Gasteiger partial charge in [-0.05, 0) is 69.0 Å². The molecule has 0 bridgehead atoms. The maximum Gasteiger partial charge on any atom is 0.124 e. The van der Waals surface area contributed by atoms with Gasteiger partial charge < -0.3 is 4.90 Å². The van der Waals surface area contributed by atoms with Crippen molar-refractivity contribution >= 4 is 21.8 Å². The van der Waals surface area contributed by atoms with Crippen molar-refractivity contribution < 1.29 is 4.39 Å². The molecule has 1 aromatic rings. The molecule has 1 aliphatic heterocycles. The smallest absolute Gasteiger partial charge is 0.124 e. The molecule has 2 atom stereocenters. The third-order valence-corrected chi connectivity index (χ3v) is 5.45. The predicted octanol–water partition coefficient (Wildman–Crippen LogP) is 4.34. The van der Waals surface area contributed by atoms with E-state index in [1.165, 1.54) is 12.5 Å². The third kappa shape index (κ3) is 3.63. The fourth-order valence-corrected chi connectivity index (χ4v) is 3.99. The van der Waals surface area contributed by atoms with Crippen LogP contribution in [0.4, 0.5) is 4.39 Å². The normalized spacial score (nSPS) is 25.1. The third-order valence-electron chi connectivity index (χ3n) is 4.39. The Balaban J connectivity index is 2.22. The van der Waals surface area contributed by atoms with E-state index in [0.29, 0.717) is 10.9 Å². The second-order valence-corrected chi connectivity index (χ2v) is 7.32. The van der Waals surface area contributed by atoms with Gasteiger partial charge in [0, 0.05) is 10.2 Å². The van der Waals surface area contributed by atoms with Crippen molar-refractivity contribution in [2.45, 2.75) is 50.1 Å². The van der Waals surface area contributed by atoms with Gasteiger partial charge in [-0.25, -0.2) is 4.39 Å². The number of rotatable bonds is 5. The van der Waals surface area contributed by atoms with Gasteiger partial charge in [0.2, 0.25) is 0 Å². The first-order valence-corrected chi connectivity index (χ1v) is 8.24. The highest BCUT2D eigenvalue weighted by atomic mass is 35.5. The van der Waals surface area contributed by atoms with Crippen LogP contribution in [0.25, 0.3) is 0 Å². The summed E-state index contributed by atoms with van der Waals surface area (Å²) in [5.74, 6) is 0.0997. The maximum atomic E-state index is 13.6. The number of hydrogen-bond acceptors (Lipinski definition) is 1. The molecule has 1 aliphatic rings. The summed E-state index contributed by atoms with van der Waals surface area (Å²) in [7, 11) is 6.13. The first kappa shape index (κ1) is 16.0. The average Bonchev–Trinajstić information content (AvgIpc) is 2.68. The van der Waals surface area contributed by atoms with Crippen LogP contribution in [-0.2, 0) is 0 Å². The van der Waals surface area contributed by atoms with E-state index in [0.717, 1.165) is 37.8 Å². The molecule has 1 aromatic carbocycles. The summed E-state index contributed by atoms with van der Waals surface area (Å²) in [5.41, 5.74) is 1.02. The van der Waals surface area contributed by atoms with E-state index in [1.54, 1.807) is 6.07 Å². The molecule has 0 spiro atoms. The predicted molar refractivity (Wildman–Crippen MR) is 84.0 cm³/mol. The van der Waals surface area contributed by atoms with Crippen LogP contribution in [0.3, 0.4) is 0 Å². The number of hydrogen-bond donors (Lipinski definition) is 0. The standard InChI is InChI=1S/C16H22ClFNSi/c1-3-5-12(11-16(20)6-4-7-19(16)2)13-8-14(17)10-15(18)9-13/h8-10,12H,3-7,11H2,1-2H3/t12-,16-/m1/s1. The van der Waals surface area contributed by atoms with Crippen molar-refractivity contribution in [1.29, 1.82) is 0 Å². The molecular weight excluding hydrogens is 289 g/mol. The van der Waals surface area contributed by atoms with Crippen LogP contribution in [0.1, 0.15) is 50.5 Å². The van der Waals surface area contributed by atoms with E-state index in [9.17, 15) is 4.39 Å². The topological polar surface area (TPSA) is 3.24 Å². The van der Waals surface area contributed by atoms with E-state index in [1.807, 2.05) is 6.07 Å². The Morgan fingerprint density at radius 2 is 2.20 bits per heavy atom. The molecule has 0 N–H and O–H groups in total. The van der Waals surface area contributed by atoms with Crippen molar-refractivity contribution in [2.75, 3.05) is 13.6 Å². The Morgan fingerprint density at radius 1 is 1.45 bits per heavy atom. The molecule has 1 nitrogen and oxygen atoms in total. The van der Waals surface area contributed by atoms with Crippen molar-refractivity contribution in [3.63, 3.8) is 0 Å². The van der Waals surface area contributed by atoms with Crippen molar-refractivity contribution in [3.05, 3.63) is 34.6 Å². The van der Waals surface area contributed by atoms with E-state index >= 15 is 0 Å². The molecule has 0 unspecified atom stereocenters. The van der Waals surface area contributed by atoms with Gasteiger partial charge in [0.1, 0.15) is 5.82 Å². The van der Waals surface area contributed by atoms with Crippen LogP contribution in [-0.4, -0.2) is 33.9 Å². The van der Waals surface area contributed by atoms with Gasteiger partial charge in [0.15, 0.2) is 0 Å². The second-order valence-electron chi connectivity index (χ2n) is 5.95. The van der Waals surface area contributed by atoms with Crippen LogP contribution in [0.5, 0.6) is 0 Å².